The predicted octanol–water partition coefficient (Wildman–Crippen LogP) is 2.36. The van der Waals surface area contributed by atoms with E-state index >= 15 is 0 Å². The Kier molecular flexibility index (Phi) is 5.05. The highest BCUT2D eigenvalue weighted by Crippen LogP contribution is 2.23. The van der Waals surface area contributed by atoms with E-state index in [1.807, 2.05) is 17.0 Å². The van der Waals surface area contributed by atoms with E-state index in [0.29, 0.717) is 30.3 Å². The van der Waals surface area contributed by atoms with E-state index < -0.39 is 0 Å². The van der Waals surface area contributed by atoms with E-state index in [0.717, 1.165) is 13.0 Å². The lowest BCUT2D eigenvalue weighted by molar-refractivity contribution is -0.131. The summed E-state index contributed by atoms with van der Waals surface area (Å²) in [6.45, 7) is 1.79. The van der Waals surface area contributed by atoms with Crippen LogP contribution in [-0.2, 0) is 9.53 Å². The third-order valence-electron chi connectivity index (χ3n) is 3.24. The molecule has 5 heteroatoms. The number of likely N-dealkylation sites (tertiary alicyclic amines) is 1. The molecular formula is C14H18ClNO3. The number of carbonyl (C=O) groups excluding carboxylic acids is 1. The highest BCUT2D eigenvalue weighted by molar-refractivity contribution is 6.32. The van der Waals surface area contributed by atoms with Crippen LogP contribution in [0.15, 0.2) is 24.3 Å². The summed E-state index contributed by atoms with van der Waals surface area (Å²) in [6, 6.07) is 7.26. The molecule has 0 aliphatic carbocycles. The molecule has 104 valence electrons. The van der Waals surface area contributed by atoms with Gasteiger partial charge in [0.2, 0.25) is 5.91 Å². The summed E-state index contributed by atoms with van der Waals surface area (Å²) < 4.78 is 10.7. The van der Waals surface area contributed by atoms with E-state index in [2.05, 4.69) is 0 Å². The van der Waals surface area contributed by atoms with Crippen LogP contribution < -0.4 is 4.74 Å². The van der Waals surface area contributed by atoms with Gasteiger partial charge in [-0.1, -0.05) is 23.7 Å². The average molecular weight is 284 g/mol. The molecule has 1 aliphatic rings. The topological polar surface area (TPSA) is 38.8 Å². The Morgan fingerprint density at radius 2 is 2.26 bits per heavy atom. The van der Waals surface area contributed by atoms with Gasteiger partial charge in [0.25, 0.3) is 0 Å². The Morgan fingerprint density at radius 1 is 1.47 bits per heavy atom. The van der Waals surface area contributed by atoms with E-state index in [1.54, 1.807) is 19.2 Å². The smallest absolute Gasteiger partial charge is 0.226 e. The van der Waals surface area contributed by atoms with Crippen LogP contribution in [0, 0.1) is 0 Å². The van der Waals surface area contributed by atoms with Crippen LogP contribution >= 0.6 is 11.6 Å². The predicted molar refractivity (Wildman–Crippen MR) is 73.6 cm³/mol. The molecule has 0 spiro atoms. The van der Waals surface area contributed by atoms with Gasteiger partial charge < -0.3 is 14.4 Å². The van der Waals surface area contributed by atoms with Gasteiger partial charge in [0.05, 0.1) is 24.2 Å². The van der Waals surface area contributed by atoms with Gasteiger partial charge in [-0.05, 0) is 18.6 Å². The fourth-order valence-electron chi connectivity index (χ4n) is 2.12. The monoisotopic (exact) mass is 283 g/mol. The molecule has 4 nitrogen and oxygen atoms in total. The first-order valence-electron chi connectivity index (χ1n) is 6.38. The summed E-state index contributed by atoms with van der Waals surface area (Å²) in [4.78, 5) is 13.8. The first kappa shape index (κ1) is 14.2. The second kappa shape index (κ2) is 6.78. The molecule has 2 rings (SSSR count). The minimum atomic E-state index is 0.103. The first-order chi connectivity index (χ1) is 9.20. The molecule has 1 unspecified atom stereocenters. The van der Waals surface area contributed by atoms with Crippen molar-refractivity contribution < 1.29 is 14.3 Å². The number of carbonyl (C=O) groups is 1. The van der Waals surface area contributed by atoms with Gasteiger partial charge >= 0.3 is 0 Å². The number of amides is 1. The molecule has 19 heavy (non-hydrogen) atoms. The van der Waals surface area contributed by atoms with Crippen LogP contribution in [-0.4, -0.2) is 43.7 Å². The fourth-order valence-corrected chi connectivity index (χ4v) is 2.31. The van der Waals surface area contributed by atoms with Crippen molar-refractivity contribution in [3.05, 3.63) is 29.3 Å². The number of methoxy groups -OCH3 is 1. The number of nitrogens with zero attached hydrogens (tertiary/aromatic N) is 1. The average Bonchev–Trinajstić information content (AvgIpc) is 2.90. The van der Waals surface area contributed by atoms with E-state index in [1.165, 1.54) is 0 Å². The van der Waals surface area contributed by atoms with Gasteiger partial charge in [-0.15, -0.1) is 0 Å². The maximum absolute atomic E-state index is 11.9. The molecule has 1 amide bonds. The molecule has 1 heterocycles. The zero-order valence-electron chi connectivity index (χ0n) is 11.0. The number of benzene rings is 1. The van der Waals surface area contributed by atoms with Crippen molar-refractivity contribution in [2.45, 2.75) is 18.9 Å². The zero-order valence-corrected chi connectivity index (χ0v) is 11.7. The third-order valence-corrected chi connectivity index (χ3v) is 3.55. The Hall–Kier alpha value is -1.26. The van der Waals surface area contributed by atoms with Gasteiger partial charge in [-0.3, -0.25) is 4.79 Å². The summed E-state index contributed by atoms with van der Waals surface area (Å²) >= 11 is 5.97. The molecular weight excluding hydrogens is 266 g/mol. The van der Waals surface area contributed by atoms with Crippen LogP contribution in [0.3, 0.4) is 0 Å². The third kappa shape index (κ3) is 3.85. The highest BCUT2D eigenvalue weighted by atomic mass is 35.5. The van der Waals surface area contributed by atoms with Gasteiger partial charge in [-0.25, -0.2) is 0 Å². The Morgan fingerprint density at radius 3 is 2.95 bits per heavy atom. The maximum Gasteiger partial charge on any atom is 0.226 e. The van der Waals surface area contributed by atoms with Gasteiger partial charge in [0, 0.05) is 20.2 Å². The summed E-state index contributed by atoms with van der Waals surface area (Å²) in [6.07, 6.45) is 1.45. The molecule has 0 N–H and O–H groups in total. The molecule has 1 saturated heterocycles. The molecule has 1 aromatic rings. The van der Waals surface area contributed by atoms with Crippen molar-refractivity contribution in [1.29, 1.82) is 0 Å². The summed E-state index contributed by atoms with van der Waals surface area (Å²) in [5, 5.41) is 0.565. The lowest BCUT2D eigenvalue weighted by Crippen LogP contribution is -2.30. The number of ether oxygens (including phenoxy) is 2. The van der Waals surface area contributed by atoms with Gasteiger partial charge in [0.1, 0.15) is 5.75 Å². The second-order valence-corrected chi connectivity index (χ2v) is 4.92. The normalized spacial score (nSPS) is 18.6. The number of hydrogen-bond acceptors (Lipinski definition) is 3. The zero-order chi connectivity index (χ0) is 13.7. The van der Waals surface area contributed by atoms with Crippen LogP contribution in [0.25, 0.3) is 0 Å². The molecule has 0 saturated carbocycles. The largest absolute Gasteiger partial charge is 0.491 e. The summed E-state index contributed by atoms with van der Waals surface area (Å²) in [5.74, 6) is 0.722. The molecule has 1 atom stereocenters. The fraction of sp³-hybridized carbons (Fsp3) is 0.500. The number of rotatable bonds is 5. The minimum absolute atomic E-state index is 0.103. The lowest BCUT2D eigenvalue weighted by atomic mass is 10.3. The summed E-state index contributed by atoms with van der Waals surface area (Å²) in [7, 11) is 1.68. The molecule has 0 bridgehead atoms. The van der Waals surface area contributed by atoms with Crippen LogP contribution in [0.2, 0.25) is 5.02 Å². The van der Waals surface area contributed by atoms with E-state index in [9.17, 15) is 4.79 Å². The number of para-hydroxylation sites is 1. The lowest BCUT2D eigenvalue weighted by Gasteiger charge is -2.16. The van der Waals surface area contributed by atoms with Gasteiger partial charge in [-0.2, -0.15) is 0 Å². The number of hydrogen-bond donors (Lipinski definition) is 0. The van der Waals surface area contributed by atoms with Crippen LogP contribution in [0.1, 0.15) is 12.8 Å². The second-order valence-electron chi connectivity index (χ2n) is 4.52. The number of halogens is 1. The molecule has 1 aromatic carbocycles. The van der Waals surface area contributed by atoms with Crippen molar-refractivity contribution >= 4 is 17.5 Å². The molecule has 0 aromatic heterocycles. The minimum Gasteiger partial charge on any atom is -0.491 e. The van der Waals surface area contributed by atoms with Crippen molar-refractivity contribution in [3.63, 3.8) is 0 Å². The van der Waals surface area contributed by atoms with Crippen molar-refractivity contribution in [2.24, 2.45) is 0 Å². The van der Waals surface area contributed by atoms with Crippen molar-refractivity contribution in [3.8, 4) is 5.75 Å². The summed E-state index contributed by atoms with van der Waals surface area (Å²) in [5.41, 5.74) is 0. The van der Waals surface area contributed by atoms with Crippen molar-refractivity contribution in [2.75, 3.05) is 26.8 Å². The van der Waals surface area contributed by atoms with Gasteiger partial charge in [0.15, 0.2) is 0 Å². The van der Waals surface area contributed by atoms with Crippen molar-refractivity contribution in [1.82, 2.24) is 4.90 Å². The Bertz CT molecular complexity index is 438. The van der Waals surface area contributed by atoms with E-state index in [-0.39, 0.29) is 12.0 Å². The standard InChI is InChI=1S/C14H18ClNO3/c1-18-11-6-8-16(10-11)14(17)7-9-19-13-5-3-2-4-12(13)15/h2-5,11H,6-10H2,1H3. The quantitative estimate of drug-likeness (QED) is 0.833. The Labute approximate surface area is 118 Å². The Balaban J connectivity index is 1.74. The van der Waals surface area contributed by atoms with E-state index in [4.69, 9.17) is 21.1 Å². The molecule has 1 aliphatic heterocycles. The first-order valence-corrected chi connectivity index (χ1v) is 6.76. The SMILES string of the molecule is COC1CCN(C(=O)CCOc2ccccc2Cl)C1. The van der Waals surface area contributed by atoms with Crippen LogP contribution in [0.5, 0.6) is 5.75 Å². The molecule has 1 fully saturated rings. The van der Waals surface area contributed by atoms with Crippen LogP contribution in [0.4, 0.5) is 0 Å². The maximum atomic E-state index is 11.9. The highest BCUT2D eigenvalue weighted by Gasteiger charge is 2.25. The molecule has 0 radical (unpaired) electrons.